The first kappa shape index (κ1) is 23.2. The third-order valence-electron chi connectivity index (χ3n) is 8.12. The van der Waals surface area contributed by atoms with Gasteiger partial charge in [-0.15, -0.1) is 11.3 Å². The standard InChI is InChI=1S/C36H25N3S/c1-36(2)29-19-10-9-16-24(29)25-20-21-27-26-17-11-18-28(31(26)40-32(27)30(25)36)35-38-33(22-12-5-3-6-13-22)37-34(39-35)23-14-7-4-8-15-23/h3-21H,1-2H3. The number of nitrogens with zero attached hydrogens (tertiary/aromatic N) is 3. The van der Waals surface area contributed by atoms with Crippen LogP contribution in [0, 0.1) is 0 Å². The van der Waals surface area contributed by atoms with Gasteiger partial charge < -0.3 is 0 Å². The van der Waals surface area contributed by atoms with Gasteiger partial charge in [-0.05, 0) is 28.3 Å². The van der Waals surface area contributed by atoms with Crippen molar-refractivity contribution in [3.63, 3.8) is 0 Å². The molecule has 0 saturated heterocycles. The summed E-state index contributed by atoms with van der Waals surface area (Å²) in [6, 6.07) is 40.3. The highest BCUT2D eigenvalue weighted by Gasteiger charge is 2.37. The molecule has 40 heavy (non-hydrogen) atoms. The first-order valence-corrected chi connectivity index (χ1v) is 14.4. The minimum atomic E-state index is -0.0688. The van der Waals surface area contributed by atoms with E-state index in [1.165, 1.54) is 42.4 Å². The molecule has 0 radical (unpaired) electrons. The Bertz CT molecular complexity index is 2020. The summed E-state index contributed by atoms with van der Waals surface area (Å²) in [6.07, 6.45) is 0. The third kappa shape index (κ3) is 3.39. The van der Waals surface area contributed by atoms with Crippen LogP contribution in [0.15, 0.2) is 115 Å². The van der Waals surface area contributed by atoms with Gasteiger partial charge in [0.2, 0.25) is 0 Å². The lowest BCUT2D eigenvalue weighted by Crippen LogP contribution is -2.14. The Balaban J connectivity index is 1.40. The quantitative estimate of drug-likeness (QED) is 0.228. The van der Waals surface area contributed by atoms with Crippen molar-refractivity contribution in [2.75, 3.05) is 0 Å². The molecule has 1 aliphatic rings. The van der Waals surface area contributed by atoms with Gasteiger partial charge in [0.15, 0.2) is 17.5 Å². The SMILES string of the molecule is CC1(C)c2ccccc2-c2ccc3c(sc4c(-c5nc(-c6ccccc6)nc(-c6ccccc6)n5)cccc43)c21. The molecule has 7 aromatic rings. The van der Waals surface area contributed by atoms with Gasteiger partial charge in [0, 0.05) is 42.3 Å². The average molecular weight is 532 g/mol. The van der Waals surface area contributed by atoms with Crippen LogP contribution < -0.4 is 0 Å². The minimum Gasteiger partial charge on any atom is -0.208 e. The van der Waals surface area contributed by atoms with E-state index in [2.05, 4.69) is 92.7 Å². The number of hydrogen-bond donors (Lipinski definition) is 0. The van der Waals surface area contributed by atoms with Crippen LogP contribution in [0.2, 0.25) is 0 Å². The largest absolute Gasteiger partial charge is 0.208 e. The predicted molar refractivity (Wildman–Crippen MR) is 167 cm³/mol. The number of benzene rings is 5. The van der Waals surface area contributed by atoms with E-state index in [-0.39, 0.29) is 5.41 Å². The van der Waals surface area contributed by atoms with Crippen LogP contribution >= 0.6 is 11.3 Å². The Morgan fingerprint density at radius 1 is 0.475 bits per heavy atom. The molecular formula is C36H25N3S. The number of rotatable bonds is 3. The van der Waals surface area contributed by atoms with Gasteiger partial charge >= 0.3 is 0 Å². The molecule has 0 unspecified atom stereocenters. The molecule has 0 bridgehead atoms. The molecule has 0 N–H and O–H groups in total. The molecule has 190 valence electrons. The third-order valence-corrected chi connectivity index (χ3v) is 9.40. The van der Waals surface area contributed by atoms with Crippen LogP contribution in [-0.2, 0) is 5.41 Å². The van der Waals surface area contributed by atoms with Crippen molar-refractivity contribution < 1.29 is 0 Å². The molecule has 8 rings (SSSR count). The number of hydrogen-bond acceptors (Lipinski definition) is 4. The fraction of sp³-hybridized carbons (Fsp3) is 0.0833. The second kappa shape index (κ2) is 8.67. The summed E-state index contributed by atoms with van der Waals surface area (Å²) in [6.45, 7) is 4.71. The molecule has 0 spiro atoms. The Morgan fingerprint density at radius 3 is 1.75 bits per heavy atom. The Hall–Kier alpha value is -4.67. The molecule has 1 aliphatic carbocycles. The fourth-order valence-corrected chi connectivity index (χ4v) is 7.73. The lowest BCUT2D eigenvalue weighted by atomic mass is 9.82. The van der Waals surface area contributed by atoms with Crippen LogP contribution in [0.1, 0.15) is 25.0 Å². The monoisotopic (exact) mass is 531 g/mol. The van der Waals surface area contributed by atoms with Crippen LogP contribution in [0.25, 0.3) is 65.5 Å². The average Bonchev–Trinajstić information content (AvgIpc) is 3.50. The van der Waals surface area contributed by atoms with E-state index in [9.17, 15) is 0 Å². The van der Waals surface area contributed by atoms with Gasteiger partial charge in [0.1, 0.15) is 0 Å². The fourth-order valence-electron chi connectivity index (χ4n) is 6.21. The van der Waals surface area contributed by atoms with E-state index in [1.807, 2.05) is 47.7 Å². The molecule has 0 amide bonds. The summed E-state index contributed by atoms with van der Waals surface area (Å²) in [7, 11) is 0. The summed E-state index contributed by atoms with van der Waals surface area (Å²) >= 11 is 1.86. The van der Waals surface area contributed by atoms with E-state index < -0.39 is 0 Å². The predicted octanol–water partition coefficient (Wildman–Crippen LogP) is 9.55. The van der Waals surface area contributed by atoms with Crippen molar-refractivity contribution >= 4 is 31.5 Å². The molecular weight excluding hydrogens is 506 g/mol. The van der Waals surface area contributed by atoms with Crippen LogP contribution in [0.5, 0.6) is 0 Å². The molecule has 0 aliphatic heterocycles. The summed E-state index contributed by atoms with van der Waals surface area (Å²) in [4.78, 5) is 15.0. The highest BCUT2D eigenvalue weighted by molar-refractivity contribution is 7.26. The molecule has 3 nitrogen and oxygen atoms in total. The smallest absolute Gasteiger partial charge is 0.165 e. The van der Waals surface area contributed by atoms with Gasteiger partial charge in [-0.2, -0.15) is 0 Å². The van der Waals surface area contributed by atoms with Crippen molar-refractivity contribution in [1.29, 1.82) is 0 Å². The normalized spacial score (nSPS) is 13.4. The summed E-state index contributed by atoms with van der Waals surface area (Å²) in [5.41, 5.74) is 8.43. The van der Waals surface area contributed by atoms with Gasteiger partial charge in [0.25, 0.3) is 0 Å². The zero-order valence-electron chi connectivity index (χ0n) is 22.2. The van der Waals surface area contributed by atoms with Crippen LogP contribution in [-0.4, -0.2) is 15.0 Å². The molecule has 4 heteroatoms. The molecule has 2 aromatic heterocycles. The number of fused-ring (bicyclic) bond motifs is 7. The molecule has 5 aromatic carbocycles. The van der Waals surface area contributed by atoms with Gasteiger partial charge in [-0.25, -0.2) is 15.0 Å². The lowest BCUT2D eigenvalue weighted by Gasteiger charge is -2.22. The summed E-state index contributed by atoms with van der Waals surface area (Å²) in [5, 5.41) is 2.54. The van der Waals surface area contributed by atoms with Crippen molar-refractivity contribution in [3.8, 4) is 45.3 Å². The van der Waals surface area contributed by atoms with Gasteiger partial charge in [-0.3, -0.25) is 0 Å². The van der Waals surface area contributed by atoms with E-state index in [0.29, 0.717) is 17.5 Å². The minimum absolute atomic E-state index is 0.0688. The molecule has 2 heterocycles. The van der Waals surface area contributed by atoms with Crippen LogP contribution in [0.4, 0.5) is 0 Å². The van der Waals surface area contributed by atoms with Crippen molar-refractivity contribution in [2.24, 2.45) is 0 Å². The van der Waals surface area contributed by atoms with Crippen molar-refractivity contribution in [2.45, 2.75) is 19.3 Å². The zero-order chi connectivity index (χ0) is 26.8. The van der Waals surface area contributed by atoms with E-state index in [1.54, 1.807) is 0 Å². The highest BCUT2D eigenvalue weighted by Crippen LogP contribution is 2.54. The maximum absolute atomic E-state index is 5.04. The molecule has 0 atom stereocenters. The van der Waals surface area contributed by atoms with Crippen LogP contribution in [0.3, 0.4) is 0 Å². The van der Waals surface area contributed by atoms with E-state index in [4.69, 9.17) is 15.0 Å². The first-order valence-electron chi connectivity index (χ1n) is 13.6. The topological polar surface area (TPSA) is 38.7 Å². The second-order valence-electron chi connectivity index (χ2n) is 10.9. The summed E-state index contributed by atoms with van der Waals surface area (Å²) in [5.74, 6) is 2.06. The van der Waals surface area contributed by atoms with Gasteiger partial charge in [-0.1, -0.05) is 123 Å². The maximum Gasteiger partial charge on any atom is 0.165 e. The number of aromatic nitrogens is 3. The number of thiophene rings is 1. The first-order chi connectivity index (χ1) is 19.6. The summed E-state index contributed by atoms with van der Waals surface area (Å²) < 4.78 is 2.56. The Morgan fingerprint density at radius 2 is 1.05 bits per heavy atom. The van der Waals surface area contributed by atoms with E-state index >= 15 is 0 Å². The van der Waals surface area contributed by atoms with Crippen molar-refractivity contribution in [3.05, 3.63) is 126 Å². The van der Waals surface area contributed by atoms with E-state index in [0.717, 1.165) is 16.7 Å². The molecule has 0 fully saturated rings. The second-order valence-corrected chi connectivity index (χ2v) is 11.9. The molecule has 0 saturated carbocycles. The van der Waals surface area contributed by atoms with Gasteiger partial charge in [0.05, 0.1) is 0 Å². The maximum atomic E-state index is 5.04. The Labute approximate surface area is 236 Å². The zero-order valence-corrected chi connectivity index (χ0v) is 23.0. The lowest BCUT2D eigenvalue weighted by molar-refractivity contribution is 0.667. The highest BCUT2D eigenvalue weighted by atomic mass is 32.1. The Kier molecular flexibility index (Phi) is 5.04. The van der Waals surface area contributed by atoms with Crippen molar-refractivity contribution in [1.82, 2.24) is 15.0 Å².